The summed E-state index contributed by atoms with van der Waals surface area (Å²) >= 11 is 0. The van der Waals surface area contributed by atoms with Crippen molar-refractivity contribution in [2.24, 2.45) is 0 Å². The molecular formula is C12H26O7. The molecule has 0 bridgehead atoms. The molecule has 0 fully saturated rings. The predicted octanol–water partition coefficient (Wildman–Crippen LogP) is 3.10. The molecular weight excluding hydrogens is 256 g/mol. The Kier molecular flexibility index (Phi) is 17.5. The number of hydrogen-bond donors (Lipinski definition) is 2. The molecule has 7 nitrogen and oxygen atoms in total. The average Bonchev–Trinajstić information content (AvgIpc) is 2.43. The van der Waals surface area contributed by atoms with Gasteiger partial charge in [-0.3, -0.25) is 0 Å². The van der Waals surface area contributed by atoms with Crippen molar-refractivity contribution in [3.8, 4) is 0 Å². The second kappa shape index (κ2) is 17.7. The molecule has 7 heteroatoms. The van der Waals surface area contributed by atoms with Gasteiger partial charge in [-0.1, -0.05) is 51.4 Å². The van der Waals surface area contributed by atoms with Gasteiger partial charge in [0.1, 0.15) is 0 Å². The van der Waals surface area contributed by atoms with Crippen LogP contribution in [0, 0.1) is 0 Å². The van der Waals surface area contributed by atoms with Gasteiger partial charge in [-0.15, -0.1) is 0 Å². The van der Waals surface area contributed by atoms with E-state index in [1.165, 1.54) is 38.5 Å². The zero-order valence-corrected chi connectivity index (χ0v) is 11.4. The fourth-order valence-electron chi connectivity index (χ4n) is 1.76. The fourth-order valence-corrected chi connectivity index (χ4v) is 1.76. The SMILES string of the molecule is OCCCCCCCCCCCCOOOOOO. The van der Waals surface area contributed by atoms with Crippen LogP contribution in [0.3, 0.4) is 0 Å². The van der Waals surface area contributed by atoms with E-state index in [0.29, 0.717) is 13.2 Å². The summed E-state index contributed by atoms with van der Waals surface area (Å²) in [5, 5.41) is 30.8. The van der Waals surface area contributed by atoms with Crippen molar-refractivity contribution in [2.75, 3.05) is 13.2 Å². The van der Waals surface area contributed by atoms with Gasteiger partial charge in [0.05, 0.1) is 6.61 Å². The van der Waals surface area contributed by atoms with Crippen LogP contribution in [0.5, 0.6) is 0 Å². The molecule has 0 aliphatic rings. The summed E-state index contributed by atoms with van der Waals surface area (Å²) in [6, 6.07) is 0. The molecule has 0 saturated heterocycles. The van der Waals surface area contributed by atoms with Crippen molar-refractivity contribution < 1.29 is 35.4 Å². The van der Waals surface area contributed by atoms with Gasteiger partial charge < -0.3 is 5.11 Å². The van der Waals surface area contributed by atoms with E-state index in [1.54, 1.807) is 0 Å². The van der Waals surface area contributed by atoms with E-state index >= 15 is 0 Å². The van der Waals surface area contributed by atoms with E-state index in [9.17, 15) is 0 Å². The minimum absolute atomic E-state index is 0.315. The van der Waals surface area contributed by atoms with Crippen LogP contribution in [0.15, 0.2) is 0 Å². The van der Waals surface area contributed by atoms with Gasteiger partial charge in [-0.2, -0.15) is 0 Å². The van der Waals surface area contributed by atoms with E-state index in [2.05, 4.69) is 25.0 Å². The van der Waals surface area contributed by atoms with Gasteiger partial charge in [0.15, 0.2) is 0 Å². The van der Waals surface area contributed by atoms with Gasteiger partial charge in [0, 0.05) is 6.61 Å². The molecule has 0 radical (unpaired) electrons. The molecule has 2 N–H and O–H groups in total. The Morgan fingerprint density at radius 1 is 0.579 bits per heavy atom. The predicted molar refractivity (Wildman–Crippen MR) is 66.2 cm³/mol. The third-order valence-electron chi connectivity index (χ3n) is 2.77. The molecule has 0 unspecified atom stereocenters. The van der Waals surface area contributed by atoms with E-state index in [-0.39, 0.29) is 0 Å². The molecule has 0 aliphatic carbocycles. The lowest BCUT2D eigenvalue weighted by Crippen LogP contribution is -1.99. The normalized spacial score (nSPS) is 11.1. The van der Waals surface area contributed by atoms with Crippen molar-refractivity contribution in [2.45, 2.75) is 64.2 Å². The molecule has 0 aromatic carbocycles. The Hall–Kier alpha value is -0.280. The lowest BCUT2D eigenvalue weighted by atomic mass is 10.1. The lowest BCUT2D eigenvalue weighted by molar-refractivity contribution is -0.753. The summed E-state index contributed by atoms with van der Waals surface area (Å²) in [5.74, 6) is 0. The molecule has 116 valence electrons. The van der Waals surface area contributed by atoms with Crippen LogP contribution < -0.4 is 0 Å². The van der Waals surface area contributed by atoms with E-state index < -0.39 is 0 Å². The minimum Gasteiger partial charge on any atom is -0.396 e. The molecule has 0 atom stereocenters. The highest BCUT2D eigenvalue weighted by Gasteiger charge is 1.95. The van der Waals surface area contributed by atoms with E-state index in [1.807, 2.05) is 0 Å². The highest BCUT2D eigenvalue weighted by Crippen LogP contribution is 2.10. The topological polar surface area (TPSA) is 86.6 Å². The van der Waals surface area contributed by atoms with E-state index in [4.69, 9.17) is 10.4 Å². The smallest absolute Gasteiger partial charge is 0.0855 e. The number of rotatable bonds is 16. The van der Waals surface area contributed by atoms with Gasteiger partial charge >= 0.3 is 0 Å². The first-order chi connectivity index (χ1) is 9.41. The number of unbranched alkanes of at least 4 members (excludes halogenated alkanes) is 9. The van der Waals surface area contributed by atoms with Gasteiger partial charge in [-0.25, -0.2) is 10.1 Å². The van der Waals surface area contributed by atoms with Gasteiger partial charge in [0.2, 0.25) is 0 Å². The largest absolute Gasteiger partial charge is 0.396 e. The van der Waals surface area contributed by atoms with Gasteiger partial charge in [0.25, 0.3) is 0 Å². The zero-order chi connectivity index (χ0) is 14.0. The monoisotopic (exact) mass is 282 g/mol. The van der Waals surface area contributed by atoms with Crippen molar-refractivity contribution >= 4 is 0 Å². The molecule has 0 heterocycles. The first kappa shape index (κ1) is 18.7. The second-order valence-electron chi connectivity index (χ2n) is 4.36. The number of hydrogen-bond acceptors (Lipinski definition) is 7. The summed E-state index contributed by atoms with van der Waals surface area (Å²) in [7, 11) is 0. The first-order valence-corrected chi connectivity index (χ1v) is 6.95. The summed E-state index contributed by atoms with van der Waals surface area (Å²) in [4.78, 5) is 4.56. The van der Waals surface area contributed by atoms with Crippen molar-refractivity contribution in [1.29, 1.82) is 0 Å². The molecule has 0 aromatic rings. The summed E-state index contributed by atoms with van der Waals surface area (Å²) in [6.07, 6.45) is 11.5. The Morgan fingerprint density at radius 3 is 1.63 bits per heavy atom. The molecule has 0 aromatic heterocycles. The maximum absolute atomic E-state index is 8.62. The van der Waals surface area contributed by atoms with Crippen molar-refractivity contribution in [3.63, 3.8) is 0 Å². The van der Waals surface area contributed by atoms with Crippen molar-refractivity contribution in [1.82, 2.24) is 0 Å². The van der Waals surface area contributed by atoms with Gasteiger partial charge in [-0.05, 0) is 33.0 Å². The van der Waals surface area contributed by atoms with E-state index in [0.717, 1.165) is 25.7 Å². The molecule has 0 spiro atoms. The quantitative estimate of drug-likeness (QED) is 0.255. The van der Waals surface area contributed by atoms with Crippen LogP contribution in [-0.4, -0.2) is 23.6 Å². The maximum atomic E-state index is 8.62. The Labute approximate surface area is 114 Å². The zero-order valence-electron chi connectivity index (χ0n) is 11.4. The summed E-state index contributed by atoms with van der Waals surface area (Å²) in [6.45, 7) is 0.714. The minimum atomic E-state index is 0.315. The number of aliphatic hydroxyl groups is 1. The van der Waals surface area contributed by atoms with Crippen LogP contribution in [0.1, 0.15) is 64.2 Å². The third-order valence-corrected chi connectivity index (χ3v) is 2.77. The molecule has 0 amide bonds. The molecule has 0 rings (SSSR count). The highest BCUT2D eigenvalue weighted by atomic mass is 17.8. The summed E-state index contributed by atoms with van der Waals surface area (Å²) in [5.41, 5.74) is 0. The molecule has 0 aliphatic heterocycles. The average molecular weight is 282 g/mol. The van der Waals surface area contributed by atoms with Crippen LogP contribution in [0.25, 0.3) is 0 Å². The third kappa shape index (κ3) is 17.7. The summed E-state index contributed by atoms with van der Waals surface area (Å²) < 4.78 is 0. The Balaban J connectivity index is 2.88. The molecule has 0 saturated carbocycles. The molecule has 19 heavy (non-hydrogen) atoms. The number of aliphatic hydroxyl groups excluding tert-OH is 1. The first-order valence-electron chi connectivity index (χ1n) is 6.95. The Bertz CT molecular complexity index is 141. The fraction of sp³-hybridized carbons (Fsp3) is 1.00. The Morgan fingerprint density at radius 2 is 1.11 bits per heavy atom. The lowest BCUT2D eigenvalue weighted by Gasteiger charge is -2.02. The maximum Gasteiger partial charge on any atom is 0.0855 e. The highest BCUT2D eigenvalue weighted by molar-refractivity contribution is 4.47. The standard InChI is InChI=1S/C12H26O7/c13-11-9-7-5-3-1-2-4-6-8-10-12-15-17-19-18-16-14/h13-14H,1-12H2. The second-order valence-corrected chi connectivity index (χ2v) is 4.36. The van der Waals surface area contributed by atoms with Crippen LogP contribution in [-0.2, 0) is 25.0 Å². The van der Waals surface area contributed by atoms with Crippen molar-refractivity contribution in [3.05, 3.63) is 0 Å². The van der Waals surface area contributed by atoms with Crippen LogP contribution >= 0.6 is 0 Å². The van der Waals surface area contributed by atoms with Crippen LogP contribution in [0.4, 0.5) is 0 Å². The van der Waals surface area contributed by atoms with Crippen LogP contribution in [0.2, 0.25) is 0 Å².